The van der Waals surface area contributed by atoms with Crippen LogP contribution in [-0.4, -0.2) is 26.5 Å². The molecule has 0 saturated carbocycles. The monoisotopic (exact) mass is 268 g/mol. The molecule has 0 heterocycles. The second-order valence-corrected chi connectivity index (χ2v) is 7.21. The van der Waals surface area contributed by atoms with E-state index in [0.29, 0.717) is 6.54 Å². The molecule has 18 heavy (non-hydrogen) atoms. The van der Waals surface area contributed by atoms with Crippen LogP contribution in [0.2, 0.25) is 0 Å². The summed E-state index contributed by atoms with van der Waals surface area (Å²) in [6.07, 6.45) is 2.03. The molecule has 1 aromatic carbocycles. The Balaban J connectivity index is 1.94. The number of anilines is 1. The van der Waals surface area contributed by atoms with E-state index in [-0.39, 0.29) is 17.5 Å². The number of sulfone groups is 1. The van der Waals surface area contributed by atoms with Gasteiger partial charge in [-0.2, -0.15) is 0 Å². The minimum Gasteiger partial charge on any atom is -0.399 e. The maximum Gasteiger partial charge on any atom is 0.151 e. The summed E-state index contributed by atoms with van der Waals surface area (Å²) in [4.78, 5) is 0. The van der Waals surface area contributed by atoms with E-state index >= 15 is 0 Å². The quantitative estimate of drug-likeness (QED) is 0.789. The highest BCUT2D eigenvalue weighted by atomic mass is 32.2. The zero-order valence-corrected chi connectivity index (χ0v) is 11.5. The number of hydrogen-bond donors (Lipinski definition) is 2. The van der Waals surface area contributed by atoms with E-state index in [1.165, 1.54) is 11.1 Å². The Morgan fingerprint density at radius 3 is 2.94 bits per heavy atom. The molecule has 0 radical (unpaired) electrons. The Bertz CT molecular complexity index is 526. The highest BCUT2D eigenvalue weighted by Crippen LogP contribution is 2.32. The van der Waals surface area contributed by atoms with Crippen molar-refractivity contribution in [3.05, 3.63) is 29.3 Å². The molecule has 3 N–H and O–H groups in total. The normalized spacial score (nSPS) is 18.8. The zero-order chi connectivity index (χ0) is 13.2. The van der Waals surface area contributed by atoms with Crippen molar-refractivity contribution in [2.24, 2.45) is 0 Å². The SMILES string of the molecule is CCS(=O)(=O)CCNC1CCc2cc(N)ccc21. The summed E-state index contributed by atoms with van der Waals surface area (Å²) in [5, 5.41) is 3.33. The molecule has 1 aliphatic rings. The number of nitrogens with two attached hydrogens (primary N) is 1. The van der Waals surface area contributed by atoms with Crippen molar-refractivity contribution in [2.75, 3.05) is 23.8 Å². The lowest BCUT2D eigenvalue weighted by atomic mass is 10.1. The fourth-order valence-corrected chi connectivity index (χ4v) is 3.10. The van der Waals surface area contributed by atoms with Crippen LogP contribution in [0.4, 0.5) is 5.69 Å². The zero-order valence-electron chi connectivity index (χ0n) is 10.6. The molecule has 1 atom stereocenters. The molecular weight excluding hydrogens is 248 g/mol. The van der Waals surface area contributed by atoms with Crippen molar-refractivity contribution in [1.29, 1.82) is 0 Å². The van der Waals surface area contributed by atoms with Gasteiger partial charge >= 0.3 is 0 Å². The summed E-state index contributed by atoms with van der Waals surface area (Å²) in [6.45, 7) is 2.20. The molecule has 0 amide bonds. The standard InChI is InChI=1S/C13H20N2O2S/c1-2-18(16,17)8-7-15-13-6-3-10-9-11(14)4-5-12(10)13/h4-5,9,13,15H,2-3,6-8,14H2,1H3. The van der Waals surface area contributed by atoms with Crippen LogP contribution in [-0.2, 0) is 16.3 Å². The van der Waals surface area contributed by atoms with Crippen molar-refractivity contribution < 1.29 is 8.42 Å². The van der Waals surface area contributed by atoms with E-state index < -0.39 is 9.84 Å². The summed E-state index contributed by atoms with van der Waals surface area (Å²) in [6, 6.07) is 6.23. The van der Waals surface area contributed by atoms with Crippen LogP contribution in [0.1, 0.15) is 30.5 Å². The number of aryl methyl sites for hydroxylation is 1. The summed E-state index contributed by atoms with van der Waals surface area (Å²) in [7, 11) is -2.88. The van der Waals surface area contributed by atoms with Gasteiger partial charge in [0.15, 0.2) is 9.84 Å². The Labute approximate surface area is 108 Å². The topological polar surface area (TPSA) is 72.2 Å². The van der Waals surface area contributed by atoms with Gasteiger partial charge in [0.25, 0.3) is 0 Å². The number of nitrogens with one attached hydrogen (secondary N) is 1. The van der Waals surface area contributed by atoms with Gasteiger partial charge in [0.05, 0.1) is 5.75 Å². The molecule has 2 rings (SSSR count). The fraction of sp³-hybridized carbons (Fsp3) is 0.538. The van der Waals surface area contributed by atoms with Crippen LogP contribution in [0.5, 0.6) is 0 Å². The molecule has 1 unspecified atom stereocenters. The highest BCUT2D eigenvalue weighted by Gasteiger charge is 2.22. The van der Waals surface area contributed by atoms with E-state index in [1.54, 1.807) is 6.92 Å². The van der Waals surface area contributed by atoms with E-state index in [0.717, 1.165) is 18.5 Å². The highest BCUT2D eigenvalue weighted by molar-refractivity contribution is 7.91. The van der Waals surface area contributed by atoms with Crippen molar-refractivity contribution >= 4 is 15.5 Å². The number of hydrogen-bond acceptors (Lipinski definition) is 4. The summed E-state index contributed by atoms with van der Waals surface area (Å²) in [5.41, 5.74) is 9.09. The molecule has 0 fully saturated rings. The third kappa shape index (κ3) is 3.03. The lowest BCUT2D eigenvalue weighted by Crippen LogP contribution is -2.26. The average molecular weight is 268 g/mol. The molecule has 0 aromatic heterocycles. The first-order valence-electron chi connectivity index (χ1n) is 6.34. The molecule has 0 spiro atoms. The van der Waals surface area contributed by atoms with Gasteiger partial charge < -0.3 is 11.1 Å². The Morgan fingerprint density at radius 1 is 1.44 bits per heavy atom. The van der Waals surface area contributed by atoms with Crippen LogP contribution >= 0.6 is 0 Å². The first kappa shape index (κ1) is 13.4. The molecule has 5 heteroatoms. The van der Waals surface area contributed by atoms with Gasteiger partial charge in [-0.1, -0.05) is 13.0 Å². The van der Waals surface area contributed by atoms with Gasteiger partial charge in [-0.3, -0.25) is 0 Å². The van der Waals surface area contributed by atoms with Crippen molar-refractivity contribution in [3.63, 3.8) is 0 Å². The van der Waals surface area contributed by atoms with Crippen LogP contribution in [0.15, 0.2) is 18.2 Å². The first-order valence-corrected chi connectivity index (χ1v) is 8.16. The van der Waals surface area contributed by atoms with Crippen LogP contribution < -0.4 is 11.1 Å². The minimum absolute atomic E-state index is 0.213. The lowest BCUT2D eigenvalue weighted by molar-refractivity contribution is 0.541. The van der Waals surface area contributed by atoms with Gasteiger partial charge in [-0.15, -0.1) is 0 Å². The molecule has 0 bridgehead atoms. The summed E-state index contributed by atoms with van der Waals surface area (Å²) < 4.78 is 22.8. The van der Waals surface area contributed by atoms with Crippen molar-refractivity contribution in [1.82, 2.24) is 5.32 Å². The first-order chi connectivity index (χ1) is 8.52. The molecule has 100 valence electrons. The Hall–Kier alpha value is -1.07. The average Bonchev–Trinajstić information content (AvgIpc) is 2.71. The molecular formula is C13H20N2O2S. The molecule has 1 aromatic rings. The number of fused-ring (bicyclic) bond motifs is 1. The Morgan fingerprint density at radius 2 is 2.22 bits per heavy atom. The van der Waals surface area contributed by atoms with Crippen LogP contribution in [0.3, 0.4) is 0 Å². The Kier molecular flexibility index (Phi) is 3.92. The number of benzene rings is 1. The van der Waals surface area contributed by atoms with Crippen LogP contribution in [0.25, 0.3) is 0 Å². The second kappa shape index (κ2) is 5.28. The summed E-state index contributed by atoms with van der Waals surface area (Å²) >= 11 is 0. The third-order valence-electron chi connectivity index (χ3n) is 3.49. The molecule has 0 saturated heterocycles. The van der Waals surface area contributed by atoms with Crippen LogP contribution in [0, 0.1) is 0 Å². The third-order valence-corrected chi connectivity index (χ3v) is 5.19. The van der Waals surface area contributed by atoms with Gasteiger partial charge in [0.1, 0.15) is 0 Å². The van der Waals surface area contributed by atoms with E-state index in [1.807, 2.05) is 18.2 Å². The largest absolute Gasteiger partial charge is 0.399 e. The van der Waals surface area contributed by atoms with Crippen molar-refractivity contribution in [3.8, 4) is 0 Å². The van der Waals surface area contributed by atoms with E-state index in [2.05, 4.69) is 5.32 Å². The molecule has 0 aliphatic heterocycles. The fourth-order valence-electron chi connectivity index (χ4n) is 2.38. The minimum atomic E-state index is -2.88. The smallest absolute Gasteiger partial charge is 0.151 e. The predicted molar refractivity (Wildman–Crippen MR) is 74.2 cm³/mol. The van der Waals surface area contributed by atoms with Gasteiger partial charge in [0, 0.05) is 24.0 Å². The van der Waals surface area contributed by atoms with E-state index in [4.69, 9.17) is 5.73 Å². The maximum absolute atomic E-state index is 11.4. The maximum atomic E-state index is 11.4. The molecule has 4 nitrogen and oxygen atoms in total. The van der Waals surface area contributed by atoms with Crippen molar-refractivity contribution in [2.45, 2.75) is 25.8 Å². The predicted octanol–water partition coefficient (Wildman–Crippen LogP) is 1.28. The number of nitrogen functional groups attached to an aromatic ring is 1. The van der Waals surface area contributed by atoms with Gasteiger partial charge in [-0.25, -0.2) is 8.42 Å². The lowest BCUT2D eigenvalue weighted by Gasteiger charge is -2.14. The second-order valence-electron chi connectivity index (χ2n) is 4.74. The summed E-state index contributed by atoms with van der Waals surface area (Å²) in [5.74, 6) is 0.427. The van der Waals surface area contributed by atoms with E-state index in [9.17, 15) is 8.42 Å². The molecule has 1 aliphatic carbocycles. The van der Waals surface area contributed by atoms with Gasteiger partial charge in [-0.05, 0) is 36.1 Å². The van der Waals surface area contributed by atoms with Gasteiger partial charge in [0.2, 0.25) is 0 Å². The number of rotatable bonds is 5.